The zero-order chi connectivity index (χ0) is 13.7. The number of urea groups is 1. The molecule has 98 valence electrons. The maximum Gasteiger partial charge on any atom is 0.321 e. The molecule has 0 aliphatic rings. The number of carboxylic acid groups (broad SMARTS) is 1. The van der Waals surface area contributed by atoms with Gasteiger partial charge in [-0.05, 0) is 40.8 Å². The van der Waals surface area contributed by atoms with Gasteiger partial charge in [-0.25, -0.2) is 4.79 Å². The second kappa shape index (κ2) is 6.93. The highest BCUT2D eigenvalue weighted by Crippen LogP contribution is 2.23. The van der Waals surface area contributed by atoms with Gasteiger partial charge in [0.2, 0.25) is 0 Å². The third-order valence-corrected chi connectivity index (χ3v) is 3.61. The number of amides is 2. The van der Waals surface area contributed by atoms with Gasteiger partial charge < -0.3 is 15.3 Å². The Hall–Kier alpha value is -0.830. The van der Waals surface area contributed by atoms with Crippen molar-refractivity contribution in [2.45, 2.75) is 6.42 Å². The van der Waals surface area contributed by atoms with Gasteiger partial charge in [-0.2, -0.15) is 0 Å². The van der Waals surface area contributed by atoms with Crippen molar-refractivity contribution in [3.63, 3.8) is 0 Å². The molecule has 0 spiro atoms. The predicted molar refractivity (Wildman–Crippen MR) is 80.8 cm³/mol. The highest BCUT2D eigenvalue weighted by molar-refractivity contribution is 14.1. The average Bonchev–Trinajstić information content (AvgIpc) is 2.30. The molecule has 18 heavy (non-hydrogen) atoms. The van der Waals surface area contributed by atoms with Gasteiger partial charge in [-0.1, -0.05) is 15.9 Å². The summed E-state index contributed by atoms with van der Waals surface area (Å²) in [6.07, 6.45) is -0.0699. The van der Waals surface area contributed by atoms with Gasteiger partial charge in [0.25, 0.3) is 0 Å². The van der Waals surface area contributed by atoms with E-state index in [9.17, 15) is 9.59 Å². The first kappa shape index (κ1) is 15.2. The normalized spacial score (nSPS) is 9.94. The maximum atomic E-state index is 11.8. The SMILES string of the molecule is CN(CCC(=O)O)C(=O)Nc1cc(Br)ccc1I. The van der Waals surface area contributed by atoms with Crippen LogP contribution in [0.4, 0.5) is 10.5 Å². The van der Waals surface area contributed by atoms with E-state index < -0.39 is 5.97 Å². The summed E-state index contributed by atoms with van der Waals surface area (Å²) in [5, 5.41) is 11.3. The third kappa shape index (κ3) is 4.81. The Balaban J connectivity index is 2.63. The summed E-state index contributed by atoms with van der Waals surface area (Å²) in [7, 11) is 1.56. The number of carbonyl (C=O) groups excluding carboxylic acids is 1. The number of nitrogens with zero attached hydrogens (tertiary/aromatic N) is 1. The van der Waals surface area contributed by atoms with E-state index >= 15 is 0 Å². The number of benzene rings is 1. The molecule has 2 N–H and O–H groups in total. The number of nitrogens with one attached hydrogen (secondary N) is 1. The Morgan fingerprint density at radius 1 is 1.50 bits per heavy atom. The van der Waals surface area contributed by atoms with Crippen LogP contribution < -0.4 is 5.32 Å². The quantitative estimate of drug-likeness (QED) is 0.727. The van der Waals surface area contributed by atoms with Gasteiger partial charge >= 0.3 is 12.0 Å². The largest absolute Gasteiger partial charge is 0.481 e. The van der Waals surface area contributed by atoms with E-state index in [0.29, 0.717) is 5.69 Å². The lowest BCUT2D eigenvalue weighted by molar-refractivity contribution is -0.137. The van der Waals surface area contributed by atoms with E-state index in [1.54, 1.807) is 13.1 Å². The fourth-order valence-corrected chi connectivity index (χ4v) is 2.00. The fraction of sp³-hybridized carbons (Fsp3) is 0.273. The molecule has 0 saturated carbocycles. The highest BCUT2D eigenvalue weighted by Gasteiger charge is 2.11. The van der Waals surface area contributed by atoms with Crippen LogP contribution in [0.5, 0.6) is 0 Å². The molecule has 0 aromatic heterocycles. The van der Waals surface area contributed by atoms with Crippen molar-refractivity contribution in [3.8, 4) is 0 Å². The molecule has 0 aliphatic carbocycles. The Morgan fingerprint density at radius 2 is 2.17 bits per heavy atom. The Kier molecular flexibility index (Phi) is 5.86. The van der Waals surface area contributed by atoms with Gasteiger partial charge in [0, 0.05) is 21.6 Å². The lowest BCUT2D eigenvalue weighted by atomic mass is 10.3. The van der Waals surface area contributed by atoms with Crippen LogP contribution in [0, 0.1) is 3.57 Å². The van der Waals surface area contributed by atoms with Crippen molar-refractivity contribution >= 4 is 56.2 Å². The summed E-state index contributed by atoms with van der Waals surface area (Å²) < 4.78 is 1.78. The van der Waals surface area contributed by atoms with Crippen LogP contribution in [-0.4, -0.2) is 35.6 Å². The fourth-order valence-electron chi connectivity index (χ4n) is 1.17. The molecule has 0 fully saturated rings. The molecule has 1 aromatic carbocycles. The zero-order valence-electron chi connectivity index (χ0n) is 9.61. The minimum absolute atomic E-state index is 0.0699. The number of hydrogen-bond acceptors (Lipinski definition) is 2. The minimum Gasteiger partial charge on any atom is -0.481 e. The van der Waals surface area contributed by atoms with Gasteiger partial charge in [-0.3, -0.25) is 4.79 Å². The number of hydrogen-bond donors (Lipinski definition) is 2. The predicted octanol–water partition coefficient (Wildman–Crippen LogP) is 2.99. The van der Waals surface area contributed by atoms with Gasteiger partial charge in [0.15, 0.2) is 0 Å². The summed E-state index contributed by atoms with van der Waals surface area (Å²) in [6.45, 7) is 0.172. The number of anilines is 1. The minimum atomic E-state index is -0.924. The Bertz CT molecular complexity index is 468. The molecule has 0 heterocycles. The molecule has 5 nitrogen and oxygen atoms in total. The first-order valence-corrected chi connectivity index (χ1v) is 6.96. The number of carboxylic acids is 1. The molecular weight excluding hydrogens is 415 g/mol. The van der Waals surface area contributed by atoms with Crippen molar-refractivity contribution in [1.82, 2.24) is 4.90 Å². The molecule has 1 rings (SSSR count). The Morgan fingerprint density at radius 3 is 2.78 bits per heavy atom. The summed E-state index contributed by atoms with van der Waals surface area (Å²) in [4.78, 5) is 23.5. The lowest BCUT2D eigenvalue weighted by Crippen LogP contribution is -2.33. The molecule has 0 aliphatic heterocycles. The van der Waals surface area contributed by atoms with Crippen molar-refractivity contribution in [1.29, 1.82) is 0 Å². The first-order chi connectivity index (χ1) is 8.40. The first-order valence-electron chi connectivity index (χ1n) is 5.09. The number of halogens is 2. The van der Waals surface area contributed by atoms with Crippen LogP contribution in [0.3, 0.4) is 0 Å². The van der Waals surface area contributed by atoms with E-state index in [4.69, 9.17) is 5.11 Å². The average molecular weight is 427 g/mol. The lowest BCUT2D eigenvalue weighted by Gasteiger charge is -2.17. The smallest absolute Gasteiger partial charge is 0.321 e. The molecule has 0 atom stereocenters. The van der Waals surface area contributed by atoms with Crippen LogP contribution in [0.2, 0.25) is 0 Å². The molecule has 0 unspecified atom stereocenters. The van der Waals surface area contributed by atoms with Crippen LogP contribution in [-0.2, 0) is 4.79 Å². The number of carbonyl (C=O) groups is 2. The van der Waals surface area contributed by atoms with Crippen LogP contribution >= 0.6 is 38.5 Å². The van der Waals surface area contributed by atoms with Crippen LogP contribution in [0.25, 0.3) is 0 Å². The van der Waals surface area contributed by atoms with Crippen molar-refractivity contribution in [3.05, 3.63) is 26.2 Å². The summed E-state index contributed by atoms with van der Waals surface area (Å²) >= 11 is 5.44. The molecule has 0 radical (unpaired) electrons. The molecule has 0 saturated heterocycles. The van der Waals surface area contributed by atoms with E-state index in [0.717, 1.165) is 8.04 Å². The van der Waals surface area contributed by atoms with Crippen molar-refractivity contribution in [2.75, 3.05) is 18.9 Å². The second-order valence-electron chi connectivity index (χ2n) is 3.62. The van der Waals surface area contributed by atoms with Crippen molar-refractivity contribution in [2.24, 2.45) is 0 Å². The molecular formula is C11H12BrIN2O3. The topological polar surface area (TPSA) is 69.6 Å². The summed E-state index contributed by atoms with van der Waals surface area (Å²) in [5.74, 6) is -0.924. The zero-order valence-corrected chi connectivity index (χ0v) is 13.4. The van der Waals surface area contributed by atoms with E-state index in [2.05, 4.69) is 43.8 Å². The molecule has 2 amide bonds. The van der Waals surface area contributed by atoms with Gasteiger partial charge in [0.05, 0.1) is 12.1 Å². The second-order valence-corrected chi connectivity index (χ2v) is 5.70. The third-order valence-electron chi connectivity index (χ3n) is 2.18. The number of rotatable bonds is 4. The Labute approximate surface area is 127 Å². The maximum absolute atomic E-state index is 11.8. The van der Waals surface area contributed by atoms with Crippen LogP contribution in [0.1, 0.15) is 6.42 Å². The molecule has 0 bridgehead atoms. The van der Waals surface area contributed by atoms with Gasteiger partial charge in [0.1, 0.15) is 0 Å². The number of aliphatic carboxylic acids is 1. The van der Waals surface area contributed by atoms with Gasteiger partial charge in [-0.15, -0.1) is 0 Å². The van der Waals surface area contributed by atoms with E-state index in [1.165, 1.54) is 4.90 Å². The summed E-state index contributed by atoms with van der Waals surface area (Å²) in [5.41, 5.74) is 0.692. The monoisotopic (exact) mass is 426 g/mol. The highest BCUT2D eigenvalue weighted by atomic mass is 127. The van der Waals surface area contributed by atoms with Crippen molar-refractivity contribution < 1.29 is 14.7 Å². The standard InChI is InChI=1S/C11H12BrIN2O3/c1-15(5-4-10(16)17)11(18)14-9-6-7(12)2-3-8(9)13/h2-3,6H,4-5H2,1H3,(H,14,18)(H,16,17). The van der Waals surface area contributed by atoms with E-state index in [-0.39, 0.29) is 19.0 Å². The van der Waals surface area contributed by atoms with Crippen LogP contribution in [0.15, 0.2) is 22.7 Å². The molecule has 7 heteroatoms. The van der Waals surface area contributed by atoms with E-state index in [1.807, 2.05) is 12.1 Å². The molecule has 1 aromatic rings. The summed E-state index contributed by atoms with van der Waals surface area (Å²) in [6, 6.07) is 5.22.